The van der Waals surface area contributed by atoms with Gasteiger partial charge in [-0.1, -0.05) is 164 Å². The van der Waals surface area contributed by atoms with Gasteiger partial charge in [-0.2, -0.15) is 5.26 Å². The number of hydrogen-bond donors (Lipinski definition) is 0. The lowest BCUT2D eigenvalue weighted by Crippen LogP contribution is -1.94. The minimum Gasteiger partial charge on any atom is -0.309 e. The smallest absolute Gasteiger partial charge is 0.0992 e. The molecule has 0 radical (unpaired) electrons. The van der Waals surface area contributed by atoms with Gasteiger partial charge in [0.1, 0.15) is 0 Å². The molecule has 2 heteroatoms. The molecule has 0 aliphatic heterocycles. The van der Waals surface area contributed by atoms with Crippen LogP contribution < -0.4 is 0 Å². The third kappa shape index (κ3) is 5.51. The van der Waals surface area contributed by atoms with E-state index >= 15 is 0 Å². The molecule has 290 valence electrons. The van der Waals surface area contributed by atoms with E-state index in [9.17, 15) is 5.26 Å². The fraction of sp³-hybridized carbons (Fsp3) is 0. The van der Waals surface area contributed by atoms with Crippen LogP contribution in [0, 0.1) is 11.3 Å². The predicted octanol–water partition coefficient (Wildman–Crippen LogP) is 16.5. The fourth-order valence-corrected chi connectivity index (χ4v) is 10.4. The van der Waals surface area contributed by atoms with E-state index in [1.807, 2.05) is 18.2 Å². The summed E-state index contributed by atoms with van der Waals surface area (Å²) in [6.07, 6.45) is 0. The highest BCUT2D eigenvalue weighted by Gasteiger charge is 2.21. The first kappa shape index (κ1) is 35.3. The average Bonchev–Trinajstić information content (AvgIpc) is 3.69. The van der Waals surface area contributed by atoms with Gasteiger partial charge in [-0.15, -0.1) is 0 Å². The lowest BCUT2D eigenvalue weighted by Gasteiger charge is -2.19. The van der Waals surface area contributed by atoms with Crippen LogP contribution in [0.1, 0.15) is 5.56 Å². The van der Waals surface area contributed by atoms with Crippen molar-refractivity contribution in [2.24, 2.45) is 0 Å². The van der Waals surface area contributed by atoms with Gasteiger partial charge in [0.2, 0.25) is 0 Å². The van der Waals surface area contributed by atoms with E-state index in [4.69, 9.17) is 0 Å². The second-order valence-electron chi connectivity index (χ2n) is 16.8. The van der Waals surface area contributed by atoms with Crippen molar-refractivity contribution >= 4 is 75.7 Å². The van der Waals surface area contributed by atoms with E-state index in [-0.39, 0.29) is 0 Å². The Morgan fingerprint density at radius 2 is 0.762 bits per heavy atom. The molecule has 0 saturated carbocycles. The van der Waals surface area contributed by atoms with E-state index in [2.05, 4.69) is 211 Å². The number of hydrogen-bond acceptors (Lipinski definition) is 1. The second kappa shape index (κ2) is 13.8. The molecule has 63 heavy (non-hydrogen) atoms. The van der Waals surface area contributed by atoms with Crippen LogP contribution in [0.4, 0.5) is 0 Å². The van der Waals surface area contributed by atoms with Gasteiger partial charge in [0.05, 0.1) is 22.7 Å². The van der Waals surface area contributed by atoms with E-state index in [1.165, 1.54) is 92.6 Å². The van der Waals surface area contributed by atoms with Crippen LogP contribution in [-0.4, -0.2) is 4.57 Å². The number of fused-ring (bicyclic) bond motifs is 4. The van der Waals surface area contributed by atoms with Crippen LogP contribution in [-0.2, 0) is 0 Å². The predicted molar refractivity (Wildman–Crippen MR) is 266 cm³/mol. The molecule has 13 aromatic rings. The largest absolute Gasteiger partial charge is 0.309 e. The molecule has 0 spiro atoms. The minimum absolute atomic E-state index is 0.664. The molecule has 0 fully saturated rings. The molecule has 0 atom stereocenters. The molecule has 0 bridgehead atoms. The van der Waals surface area contributed by atoms with Crippen molar-refractivity contribution in [3.05, 3.63) is 224 Å². The highest BCUT2D eigenvalue weighted by atomic mass is 15.0. The van der Waals surface area contributed by atoms with Gasteiger partial charge in [0.25, 0.3) is 0 Å². The number of para-hydroxylation sites is 1. The van der Waals surface area contributed by atoms with Crippen molar-refractivity contribution in [3.63, 3.8) is 0 Å². The van der Waals surface area contributed by atoms with Crippen LogP contribution in [0.5, 0.6) is 0 Å². The molecule has 0 amide bonds. The molecule has 1 heterocycles. The van der Waals surface area contributed by atoms with Crippen LogP contribution in [0.3, 0.4) is 0 Å². The molecular weight excluding hydrogens is 761 g/mol. The SMILES string of the molecule is N#Cc1cc2ccc3cc(-c4ccc(-c5ccc6c(-c7ccc8ccccc8c7)c7ccccc7c(-c7ccc8ccccc8c7)c6c5)cc4)cc4c3c2c(c1)n4-c1ccccc1. The molecule has 2 nitrogen and oxygen atoms in total. The van der Waals surface area contributed by atoms with Gasteiger partial charge >= 0.3 is 0 Å². The zero-order chi connectivity index (χ0) is 41.6. The van der Waals surface area contributed by atoms with Crippen molar-refractivity contribution < 1.29 is 0 Å². The molecule has 1 aromatic heterocycles. The summed E-state index contributed by atoms with van der Waals surface area (Å²) in [7, 11) is 0. The molecule has 0 N–H and O–H groups in total. The van der Waals surface area contributed by atoms with Gasteiger partial charge < -0.3 is 4.57 Å². The van der Waals surface area contributed by atoms with Crippen LogP contribution in [0.2, 0.25) is 0 Å². The molecular formula is C61H36N2. The summed E-state index contributed by atoms with van der Waals surface area (Å²) in [6.45, 7) is 0. The maximum atomic E-state index is 9.97. The fourth-order valence-electron chi connectivity index (χ4n) is 10.4. The first-order chi connectivity index (χ1) is 31.2. The normalized spacial score (nSPS) is 11.8. The summed E-state index contributed by atoms with van der Waals surface area (Å²) in [5.41, 5.74) is 13.5. The quantitative estimate of drug-likeness (QED) is 0.126. The maximum Gasteiger partial charge on any atom is 0.0992 e. The lowest BCUT2D eigenvalue weighted by molar-refractivity contribution is 1.18. The van der Waals surface area contributed by atoms with Gasteiger partial charge in [0, 0.05) is 16.5 Å². The molecule has 13 rings (SSSR count). The van der Waals surface area contributed by atoms with Gasteiger partial charge in [-0.05, 0) is 153 Å². The summed E-state index contributed by atoms with van der Waals surface area (Å²) in [6, 6.07) is 82.1. The highest BCUT2D eigenvalue weighted by Crippen LogP contribution is 2.47. The third-order valence-corrected chi connectivity index (χ3v) is 13.3. The number of aromatic nitrogens is 1. The molecule has 0 aliphatic carbocycles. The standard InChI is InChI=1S/C61H36N2/c62-37-38-30-46-26-27-49-34-50(36-57-61(49)60(46)56(31-38)63(57)51-14-2-1-3-15-51)42-20-18-41(19-21-42)45-28-29-54-55(35-45)59(48-25-23-40-11-5-7-13-44(40)33-48)53-17-9-8-16-52(53)58(54)47-24-22-39-10-4-6-12-43(39)32-47/h1-36H. The third-order valence-electron chi connectivity index (χ3n) is 13.3. The summed E-state index contributed by atoms with van der Waals surface area (Å²) in [5.74, 6) is 0. The molecule has 0 saturated heterocycles. The Hall–Kier alpha value is -8.51. The summed E-state index contributed by atoms with van der Waals surface area (Å²) in [4.78, 5) is 0. The molecule has 12 aromatic carbocycles. The Bertz CT molecular complexity index is 4020. The second-order valence-corrected chi connectivity index (χ2v) is 16.8. The number of rotatable bonds is 5. The lowest BCUT2D eigenvalue weighted by atomic mass is 9.84. The summed E-state index contributed by atoms with van der Waals surface area (Å²) >= 11 is 0. The van der Waals surface area contributed by atoms with Gasteiger partial charge in [-0.25, -0.2) is 0 Å². The van der Waals surface area contributed by atoms with E-state index in [1.54, 1.807) is 0 Å². The van der Waals surface area contributed by atoms with Crippen molar-refractivity contribution in [2.45, 2.75) is 0 Å². The van der Waals surface area contributed by atoms with E-state index in [0.29, 0.717) is 5.56 Å². The first-order valence-corrected chi connectivity index (χ1v) is 21.5. The van der Waals surface area contributed by atoms with Crippen molar-refractivity contribution in [1.82, 2.24) is 4.57 Å². The zero-order valence-electron chi connectivity index (χ0n) is 34.2. The topological polar surface area (TPSA) is 28.7 Å². The molecule has 0 unspecified atom stereocenters. The van der Waals surface area contributed by atoms with Crippen LogP contribution >= 0.6 is 0 Å². The van der Waals surface area contributed by atoms with E-state index in [0.717, 1.165) is 33.2 Å². The number of benzene rings is 12. The number of nitrogens with zero attached hydrogens (tertiary/aromatic N) is 2. The Labute approximate surface area is 364 Å². The monoisotopic (exact) mass is 796 g/mol. The highest BCUT2D eigenvalue weighted by molar-refractivity contribution is 6.26. The van der Waals surface area contributed by atoms with Crippen molar-refractivity contribution in [2.75, 3.05) is 0 Å². The maximum absolute atomic E-state index is 9.97. The Kier molecular flexibility index (Phi) is 7.70. The minimum atomic E-state index is 0.664. The summed E-state index contributed by atoms with van der Waals surface area (Å²) < 4.78 is 2.32. The Morgan fingerprint density at radius 3 is 1.40 bits per heavy atom. The van der Waals surface area contributed by atoms with Crippen molar-refractivity contribution in [3.8, 4) is 56.3 Å². The van der Waals surface area contributed by atoms with Crippen LogP contribution in [0.15, 0.2) is 218 Å². The van der Waals surface area contributed by atoms with Crippen LogP contribution in [0.25, 0.3) is 126 Å². The number of nitriles is 1. The average molecular weight is 797 g/mol. The first-order valence-electron chi connectivity index (χ1n) is 21.5. The van der Waals surface area contributed by atoms with Crippen molar-refractivity contribution in [1.29, 1.82) is 5.26 Å². The van der Waals surface area contributed by atoms with E-state index < -0.39 is 0 Å². The van der Waals surface area contributed by atoms with Gasteiger partial charge in [-0.3, -0.25) is 0 Å². The van der Waals surface area contributed by atoms with Gasteiger partial charge in [0.15, 0.2) is 0 Å². The Balaban J connectivity index is 0.997. The Morgan fingerprint density at radius 1 is 0.302 bits per heavy atom. The summed E-state index contributed by atoms with van der Waals surface area (Å²) in [5, 5.41) is 24.6. The molecule has 0 aliphatic rings. The zero-order valence-corrected chi connectivity index (χ0v) is 34.2.